The second-order valence-corrected chi connectivity index (χ2v) is 9.99. The van der Waals surface area contributed by atoms with Gasteiger partial charge in [0.2, 0.25) is 11.8 Å². The molecule has 0 bridgehead atoms. The van der Waals surface area contributed by atoms with Crippen molar-refractivity contribution in [3.05, 3.63) is 24.3 Å². The topological polar surface area (TPSA) is 67.2 Å². The van der Waals surface area contributed by atoms with E-state index in [4.69, 9.17) is 4.98 Å². The summed E-state index contributed by atoms with van der Waals surface area (Å²) in [7, 11) is 0. The van der Waals surface area contributed by atoms with Crippen LogP contribution in [0.15, 0.2) is 29.4 Å². The Labute approximate surface area is 182 Å². The molecule has 6 nitrogen and oxygen atoms in total. The average molecular weight is 429 g/mol. The summed E-state index contributed by atoms with van der Waals surface area (Å²) in [5, 5.41) is 3.87. The minimum atomic E-state index is 0.0514. The second-order valence-electron chi connectivity index (χ2n) is 9.05. The highest BCUT2D eigenvalue weighted by atomic mass is 32.2. The van der Waals surface area contributed by atoms with Gasteiger partial charge in [-0.05, 0) is 43.2 Å². The van der Waals surface area contributed by atoms with Gasteiger partial charge in [0.25, 0.3) is 0 Å². The third kappa shape index (κ3) is 4.99. The lowest BCUT2D eigenvalue weighted by Gasteiger charge is -2.35. The molecule has 4 rings (SSSR count). The van der Waals surface area contributed by atoms with Crippen molar-refractivity contribution in [3.63, 3.8) is 0 Å². The molecule has 2 unspecified atom stereocenters. The molecule has 2 amide bonds. The number of amides is 2. The molecule has 162 valence electrons. The number of hydrogen-bond donors (Lipinski definition) is 1. The van der Waals surface area contributed by atoms with E-state index in [1.807, 2.05) is 33.7 Å². The Bertz CT molecular complexity index is 896. The van der Waals surface area contributed by atoms with E-state index in [1.165, 1.54) is 31.0 Å². The van der Waals surface area contributed by atoms with E-state index in [9.17, 15) is 9.59 Å². The van der Waals surface area contributed by atoms with Crippen molar-refractivity contribution in [2.45, 2.75) is 63.7 Å². The standard InChI is InChI=1S/C23H32N4O2S/c1-16-11-17(2)13-26(12-16)22(29)14-27-20-10-6-5-9-19(20)25-23(27)30-15-21(28)24-18-7-3-4-8-18/h5-6,9-10,16-18H,3-4,7-8,11-15H2,1-2H3,(H,24,28). The predicted octanol–water partition coefficient (Wildman–Crippen LogP) is 3.69. The molecule has 0 radical (unpaired) electrons. The van der Waals surface area contributed by atoms with Crippen LogP contribution in [0, 0.1) is 11.8 Å². The number of para-hydroxylation sites is 2. The number of carbonyl (C=O) groups excluding carboxylic acids is 2. The lowest BCUT2D eigenvalue weighted by Crippen LogP contribution is -2.44. The van der Waals surface area contributed by atoms with Crippen LogP contribution in [0.4, 0.5) is 0 Å². The Balaban J connectivity index is 1.47. The van der Waals surface area contributed by atoms with Gasteiger partial charge in [-0.2, -0.15) is 0 Å². The summed E-state index contributed by atoms with van der Waals surface area (Å²) in [4.78, 5) is 32.2. The molecule has 7 heteroatoms. The highest BCUT2D eigenvalue weighted by Gasteiger charge is 2.26. The van der Waals surface area contributed by atoms with Crippen molar-refractivity contribution in [2.24, 2.45) is 11.8 Å². The zero-order valence-corrected chi connectivity index (χ0v) is 18.8. The van der Waals surface area contributed by atoms with Crippen LogP contribution >= 0.6 is 11.8 Å². The molecule has 1 aromatic carbocycles. The van der Waals surface area contributed by atoms with Crippen molar-refractivity contribution >= 4 is 34.6 Å². The van der Waals surface area contributed by atoms with E-state index in [-0.39, 0.29) is 18.4 Å². The summed E-state index contributed by atoms with van der Waals surface area (Å²) in [6.07, 6.45) is 5.73. The number of aromatic nitrogens is 2. The predicted molar refractivity (Wildman–Crippen MR) is 120 cm³/mol. The van der Waals surface area contributed by atoms with E-state index >= 15 is 0 Å². The first kappa shape index (κ1) is 21.2. The van der Waals surface area contributed by atoms with Gasteiger partial charge in [-0.15, -0.1) is 0 Å². The van der Waals surface area contributed by atoms with Gasteiger partial charge in [-0.3, -0.25) is 9.59 Å². The first-order valence-corrected chi connectivity index (χ1v) is 12.1. The van der Waals surface area contributed by atoms with Crippen molar-refractivity contribution < 1.29 is 9.59 Å². The van der Waals surface area contributed by atoms with Crippen LogP contribution in [0.25, 0.3) is 11.0 Å². The molecule has 2 aromatic rings. The largest absolute Gasteiger partial charge is 0.353 e. The van der Waals surface area contributed by atoms with Crippen LogP contribution in [0.2, 0.25) is 0 Å². The molecular weight excluding hydrogens is 396 g/mol. The Morgan fingerprint density at radius 3 is 2.57 bits per heavy atom. The monoisotopic (exact) mass is 428 g/mol. The molecule has 1 N–H and O–H groups in total. The zero-order valence-electron chi connectivity index (χ0n) is 18.0. The van der Waals surface area contributed by atoms with Crippen molar-refractivity contribution in [1.82, 2.24) is 19.8 Å². The number of rotatable bonds is 6. The van der Waals surface area contributed by atoms with E-state index in [0.717, 1.165) is 42.1 Å². The number of piperidine rings is 1. The molecule has 0 spiro atoms. The normalized spacial score (nSPS) is 22.5. The van der Waals surface area contributed by atoms with Crippen LogP contribution in [-0.2, 0) is 16.1 Å². The summed E-state index contributed by atoms with van der Waals surface area (Å²) in [5.74, 6) is 1.58. The number of carbonyl (C=O) groups is 2. The Hall–Kier alpha value is -2.02. The van der Waals surface area contributed by atoms with Gasteiger partial charge in [-0.1, -0.05) is 50.6 Å². The number of imidazole rings is 1. The maximum atomic E-state index is 13.1. The lowest BCUT2D eigenvalue weighted by molar-refractivity contribution is -0.134. The Morgan fingerprint density at radius 1 is 1.13 bits per heavy atom. The summed E-state index contributed by atoms with van der Waals surface area (Å²) in [6, 6.07) is 8.21. The first-order valence-electron chi connectivity index (χ1n) is 11.1. The Kier molecular flexibility index (Phi) is 6.66. The highest BCUT2D eigenvalue weighted by molar-refractivity contribution is 7.99. The van der Waals surface area contributed by atoms with Gasteiger partial charge in [0.1, 0.15) is 6.54 Å². The number of thioether (sulfide) groups is 1. The van der Waals surface area contributed by atoms with Crippen LogP contribution in [0.3, 0.4) is 0 Å². The van der Waals surface area contributed by atoms with Gasteiger partial charge in [-0.25, -0.2) is 4.98 Å². The smallest absolute Gasteiger partial charge is 0.242 e. The fraction of sp³-hybridized carbons (Fsp3) is 0.609. The summed E-state index contributed by atoms with van der Waals surface area (Å²) in [6.45, 7) is 6.34. The number of nitrogens with zero attached hydrogens (tertiary/aromatic N) is 3. The first-order chi connectivity index (χ1) is 14.5. The number of fused-ring (bicyclic) bond motifs is 1. The fourth-order valence-corrected chi connectivity index (χ4v) is 5.71. The van der Waals surface area contributed by atoms with E-state index in [0.29, 0.717) is 23.6 Å². The molecule has 30 heavy (non-hydrogen) atoms. The zero-order chi connectivity index (χ0) is 21.1. The molecule has 1 aliphatic carbocycles. The van der Waals surface area contributed by atoms with Crippen molar-refractivity contribution in [3.8, 4) is 0 Å². The van der Waals surface area contributed by atoms with E-state index < -0.39 is 0 Å². The number of likely N-dealkylation sites (tertiary alicyclic amines) is 1. The molecule has 1 saturated carbocycles. The van der Waals surface area contributed by atoms with Crippen LogP contribution in [0.1, 0.15) is 46.0 Å². The van der Waals surface area contributed by atoms with Gasteiger partial charge in [0, 0.05) is 19.1 Å². The highest BCUT2D eigenvalue weighted by Crippen LogP contribution is 2.26. The summed E-state index contributed by atoms with van der Waals surface area (Å²) >= 11 is 1.42. The maximum absolute atomic E-state index is 13.1. The molecule has 1 saturated heterocycles. The summed E-state index contributed by atoms with van der Waals surface area (Å²) in [5.41, 5.74) is 1.81. The Morgan fingerprint density at radius 2 is 1.83 bits per heavy atom. The molecule has 1 aliphatic heterocycles. The number of hydrogen-bond acceptors (Lipinski definition) is 4. The SMILES string of the molecule is CC1CC(C)CN(C(=O)Cn2c(SCC(=O)NC3CCCC3)nc3ccccc32)C1. The van der Waals surface area contributed by atoms with E-state index in [1.54, 1.807) is 0 Å². The molecule has 1 aromatic heterocycles. The molecule has 2 atom stereocenters. The van der Waals surface area contributed by atoms with Crippen LogP contribution in [0.5, 0.6) is 0 Å². The average Bonchev–Trinajstić information content (AvgIpc) is 3.34. The van der Waals surface area contributed by atoms with Crippen molar-refractivity contribution in [2.75, 3.05) is 18.8 Å². The quantitative estimate of drug-likeness (QED) is 0.713. The third-order valence-corrected chi connectivity index (χ3v) is 7.16. The minimum Gasteiger partial charge on any atom is -0.353 e. The molecule has 2 heterocycles. The minimum absolute atomic E-state index is 0.0514. The van der Waals surface area contributed by atoms with Gasteiger partial charge in [0.15, 0.2) is 5.16 Å². The van der Waals surface area contributed by atoms with Crippen molar-refractivity contribution in [1.29, 1.82) is 0 Å². The molecule has 2 aliphatic rings. The maximum Gasteiger partial charge on any atom is 0.242 e. The van der Waals surface area contributed by atoms with Gasteiger partial charge >= 0.3 is 0 Å². The second kappa shape index (κ2) is 9.41. The number of nitrogens with one attached hydrogen (secondary N) is 1. The lowest BCUT2D eigenvalue weighted by atomic mass is 9.92. The van der Waals surface area contributed by atoms with Gasteiger partial charge < -0.3 is 14.8 Å². The van der Waals surface area contributed by atoms with Gasteiger partial charge in [0.05, 0.1) is 16.8 Å². The van der Waals surface area contributed by atoms with Crippen LogP contribution < -0.4 is 5.32 Å². The third-order valence-electron chi connectivity index (χ3n) is 6.19. The molecular formula is C23H32N4O2S. The van der Waals surface area contributed by atoms with Crippen LogP contribution in [-0.4, -0.2) is 51.1 Å². The molecule has 2 fully saturated rings. The summed E-state index contributed by atoms with van der Waals surface area (Å²) < 4.78 is 1.98. The fourth-order valence-electron chi connectivity index (χ4n) is 4.89. The van der Waals surface area contributed by atoms with E-state index in [2.05, 4.69) is 19.2 Å². The number of benzene rings is 1.